The fraction of sp³-hybridized carbons (Fsp3) is 0.0769. The predicted octanol–water partition coefficient (Wildman–Crippen LogP) is 4.03. The van der Waals surface area contributed by atoms with Crippen molar-refractivity contribution in [1.29, 1.82) is 0 Å². The van der Waals surface area contributed by atoms with Crippen molar-refractivity contribution in [3.8, 4) is 0 Å². The second kappa shape index (κ2) is 5.17. The molecule has 2 aromatic carbocycles. The van der Waals surface area contributed by atoms with Gasteiger partial charge in [-0.1, -0.05) is 35.9 Å². The van der Waals surface area contributed by atoms with Crippen LogP contribution >= 0.6 is 34.2 Å². The van der Waals surface area contributed by atoms with E-state index in [1.807, 2.05) is 36.4 Å². The van der Waals surface area contributed by atoms with Gasteiger partial charge in [-0.25, -0.2) is 0 Å². The molecule has 0 heterocycles. The molecule has 0 bridgehead atoms. The molecule has 0 aliphatic rings. The van der Waals surface area contributed by atoms with Crippen LogP contribution in [0.25, 0.3) is 0 Å². The van der Waals surface area contributed by atoms with Crippen LogP contribution in [-0.2, 0) is 0 Å². The third kappa shape index (κ3) is 2.75. The van der Waals surface area contributed by atoms with Gasteiger partial charge in [0.05, 0.1) is 0 Å². The molecule has 0 fully saturated rings. The van der Waals surface area contributed by atoms with Crippen molar-refractivity contribution in [3.63, 3.8) is 0 Å². The van der Waals surface area contributed by atoms with E-state index in [2.05, 4.69) is 22.6 Å². The summed E-state index contributed by atoms with van der Waals surface area (Å²) >= 11 is 8.04. The molecular formula is C13H10ClIO. The van der Waals surface area contributed by atoms with Gasteiger partial charge in [-0.05, 0) is 58.0 Å². The summed E-state index contributed by atoms with van der Waals surface area (Å²) in [4.78, 5) is 0. The molecule has 1 N–H and O–H groups in total. The summed E-state index contributed by atoms with van der Waals surface area (Å²) in [5, 5.41) is 10.8. The van der Waals surface area contributed by atoms with Crippen LogP contribution in [0.15, 0.2) is 48.5 Å². The quantitative estimate of drug-likeness (QED) is 0.816. The maximum atomic E-state index is 10.2. The van der Waals surface area contributed by atoms with Crippen LogP contribution in [0.4, 0.5) is 0 Å². The minimum atomic E-state index is -0.591. The van der Waals surface area contributed by atoms with E-state index in [-0.39, 0.29) is 0 Å². The number of benzene rings is 2. The number of halogens is 2. The predicted molar refractivity (Wildman–Crippen MR) is 74.7 cm³/mol. The average Bonchev–Trinajstić information content (AvgIpc) is 2.29. The molecule has 0 saturated carbocycles. The largest absolute Gasteiger partial charge is 0.384 e. The Labute approximate surface area is 113 Å². The molecule has 1 atom stereocenters. The van der Waals surface area contributed by atoms with Crippen molar-refractivity contribution in [2.45, 2.75) is 6.10 Å². The van der Waals surface area contributed by atoms with Gasteiger partial charge in [0.1, 0.15) is 6.10 Å². The lowest BCUT2D eigenvalue weighted by atomic mass is 10.0. The van der Waals surface area contributed by atoms with Crippen LogP contribution in [0.1, 0.15) is 17.2 Å². The van der Waals surface area contributed by atoms with Crippen molar-refractivity contribution in [1.82, 2.24) is 0 Å². The van der Waals surface area contributed by atoms with Crippen LogP contribution in [-0.4, -0.2) is 5.11 Å². The Bertz CT molecular complexity index is 482. The molecule has 0 aliphatic heterocycles. The van der Waals surface area contributed by atoms with Gasteiger partial charge in [0, 0.05) is 8.59 Å². The Morgan fingerprint density at radius 2 is 1.69 bits per heavy atom. The number of hydrogen-bond donors (Lipinski definition) is 1. The SMILES string of the molecule is OC(c1ccc(Cl)cc1)c1cccc(I)c1. The van der Waals surface area contributed by atoms with Crippen molar-refractivity contribution in [3.05, 3.63) is 68.3 Å². The molecule has 2 rings (SSSR count). The first kappa shape index (κ1) is 11.9. The highest BCUT2D eigenvalue weighted by molar-refractivity contribution is 14.1. The van der Waals surface area contributed by atoms with Crippen molar-refractivity contribution in [2.24, 2.45) is 0 Å². The highest BCUT2D eigenvalue weighted by Gasteiger charge is 2.09. The minimum Gasteiger partial charge on any atom is -0.384 e. The van der Waals surface area contributed by atoms with Gasteiger partial charge in [-0.15, -0.1) is 0 Å². The van der Waals surface area contributed by atoms with Gasteiger partial charge in [-0.2, -0.15) is 0 Å². The molecule has 16 heavy (non-hydrogen) atoms. The van der Waals surface area contributed by atoms with Crippen molar-refractivity contribution < 1.29 is 5.11 Å². The second-order valence-corrected chi connectivity index (χ2v) is 5.19. The topological polar surface area (TPSA) is 20.2 Å². The van der Waals surface area contributed by atoms with E-state index in [9.17, 15) is 5.11 Å². The van der Waals surface area contributed by atoms with Crippen LogP contribution < -0.4 is 0 Å². The van der Waals surface area contributed by atoms with E-state index < -0.39 is 6.10 Å². The maximum Gasteiger partial charge on any atom is 0.104 e. The third-order valence-corrected chi connectivity index (χ3v) is 3.27. The fourth-order valence-corrected chi connectivity index (χ4v) is 2.21. The van der Waals surface area contributed by atoms with Gasteiger partial charge in [0.25, 0.3) is 0 Å². The van der Waals surface area contributed by atoms with E-state index in [0.29, 0.717) is 5.02 Å². The lowest BCUT2D eigenvalue weighted by Crippen LogP contribution is -1.99. The number of rotatable bonds is 2. The Hall–Kier alpha value is -0.580. The van der Waals surface area contributed by atoms with Gasteiger partial charge >= 0.3 is 0 Å². The van der Waals surface area contributed by atoms with Gasteiger partial charge < -0.3 is 5.11 Å². The molecule has 0 saturated heterocycles. The summed E-state index contributed by atoms with van der Waals surface area (Å²) in [5.41, 5.74) is 1.75. The first-order valence-corrected chi connectivity index (χ1v) is 6.31. The van der Waals surface area contributed by atoms with Crippen molar-refractivity contribution >= 4 is 34.2 Å². The average molecular weight is 345 g/mol. The van der Waals surface area contributed by atoms with Gasteiger partial charge in [0.15, 0.2) is 0 Å². The second-order valence-electron chi connectivity index (χ2n) is 3.51. The number of hydrogen-bond acceptors (Lipinski definition) is 1. The monoisotopic (exact) mass is 344 g/mol. The molecule has 0 aromatic heterocycles. The summed E-state index contributed by atoms with van der Waals surface area (Å²) < 4.78 is 1.11. The minimum absolute atomic E-state index is 0.591. The highest BCUT2D eigenvalue weighted by atomic mass is 127. The molecule has 82 valence electrons. The Kier molecular flexibility index (Phi) is 3.84. The molecule has 0 amide bonds. The summed E-state index contributed by atoms with van der Waals surface area (Å²) in [6.45, 7) is 0. The molecule has 0 aliphatic carbocycles. The smallest absolute Gasteiger partial charge is 0.104 e. The summed E-state index contributed by atoms with van der Waals surface area (Å²) in [5.74, 6) is 0. The molecule has 1 nitrogen and oxygen atoms in total. The van der Waals surface area contributed by atoms with Crippen molar-refractivity contribution in [2.75, 3.05) is 0 Å². The Balaban J connectivity index is 2.31. The highest BCUT2D eigenvalue weighted by Crippen LogP contribution is 2.24. The Morgan fingerprint density at radius 1 is 1.00 bits per heavy atom. The zero-order valence-corrected chi connectivity index (χ0v) is 11.3. The summed E-state index contributed by atoms with van der Waals surface area (Å²) in [7, 11) is 0. The van der Waals surface area contributed by atoms with Crippen LogP contribution in [0.5, 0.6) is 0 Å². The molecular weight excluding hydrogens is 334 g/mol. The lowest BCUT2D eigenvalue weighted by molar-refractivity contribution is 0.220. The van der Waals surface area contributed by atoms with E-state index in [4.69, 9.17) is 11.6 Å². The molecule has 1 unspecified atom stereocenters. The maximum absolute atomic E-state index is 10.2. The van der Waals surface area contributed by atoms with Crippen LogP contribution in [0, 0.1) is 3.57 Å². The molecule has 2 aromatic rings. The van der Waals surface area contributed by atoms with Crippen LogP contribution in [0.3, 0.4) is 0 Å². The van der Waals surface area contributed by atoms with Gasteiger partial charge in [0.2, 0.25) is 0 Å². The fourth-order valence-electron chi connectivity index (χ4n) is 1.51. The first-order valence-electron chi connectivity index (χ1n) is 4.86. The third-order valence-electron chi connectivity index (χ3n) is 2.35. The number of aliphatic hydroxyl groups excluding tert-OH is 1. The zero-order chi connectivity index (χ0) is 11.5. The zero-order valence-electron chi connectivity index (χ0n) is 8.40. The summed E-state index contributed by atoms with van der Waals surface area (Å²) in [6, 6.07) is 15.1. The van der Waals surface area contributed by atoms with E-state index in [0.717, 1.165) is 14.7 Å². The van der Waals surface area contributed by atoms with Gasteiger partial charge in [-0.3, -0.25) is 0 Å². The standard InChI is InChI=1S/C13H10ClIO/c14-11-6-4-9(5-7-11)13(16)10-2-1-3-12(15)8-10/h1-8,13,16H. The van der Waals surface area contributed by atoms with Crippen LogP contribution in [0.2, 0.25) is 5.02 Å². The first-order chi connectivity index (χ1) is 7.66. The molecule has 3 heteroatoms. The lowest BCUT2D eigenvalue weighted by Gasteiger charge is -2.11. The van der Waals surface area contributed by atoms with E-state index >= 15 is 0 Å². The molecule has 0 radical (unpaired) electrons. The Morgan fingerprint density at radius 3 is 2.31 bits per heavy atom. The normalized spacial score (nSPS) is 12.4. The molecule has 0 spiro atoms. The van der Waals surface area contributed by atoms with E-state index in [1.165, 1.54) is 0 Å². The number of aliphatic hydroxyl groups is 1. The van der Waals surface area contributed by atoms with E-state index in [1.54, 1.807) is 12.1 Å². The summed E-state index contributed by atoms with van der Waals surface area (Å²) in [6.07, 6.45) is -0.591.